The predicted molar refractivity (Wildman–Crippen MR) is 81.6 cm³/mol. The molecule has 0 radical (unpaired) electrons. The van der Waals surface area contributed by atoms with Crippen molar-refractivity contribution >= 4 is 17.5 Å². The lowest BCUT2D eigenvalue weighted by atomic mass is 10.1. The minimum atomic E-state index is -4.94. The van der Waals surface area contributed by atoms with Gasteiger partial charge in [-0.15, -0.1) is 0 Å². The van der Waals surface area contributed by atoms with Gasteiger partial charge in [-0.25, -0.2) is 0 Å². The monoisotopic (exact) mass is 328 g/mol. The van der Waals surface area contributed by atoms with E-state index in [1.54, 1.807) is 23.5 Å². The van der Waals surface area contributed by atoms with Crippen molar-refractivity contribution in [3.8, 4) is 0 Å². The molecule has 0 saturated heterocycles. The van der Waals surface area contributed by atoms with E-state index in [1.165, 1.54) is 12.1 Å². The lowest BCUT2D eigenvalue weighted by molar-refractivity contribution is -0.173. The highest BCUT2D eigenvalue weighted by Gasteiger charge is 2.38. The van der Waals surface area contributed by atoms with Crippen molar-refractivity contribution in [3.05, 3.63) is 41.5 Å². The Morgan fingerprint density at radius 1 is 1.22 bits per heavy atom. The van der Waals surface area contributed by atoms with Crippen molar-refractivity contribution in [1.29, 1.82) is 0 Å². The molecule has 23 heavy (non-hydrogen) atoms. The Bertz CT molecular complexity index is 608. The minimum absolute atomic E-state index is 0.210. The smallest absolute Gasteiger partial charge is 0.344 e. The number of hydrogen-bond acceptors (Lipinski definition) is 2. The molecule has 1 aromatic carbocycles. The van der Waals surface area contributed by atoms with E-state index in [4.69, 9.17) is 0 Å². The van der Waals surface area contributed by atoms with Crippen LogP contribution in [0.4, 0.5) is 18.9 Å². The van der Waals surface area contributed by atoms with Crippen LogP contribution < -0.4 is 10.6 Å². The van der Waals surface area contributed by atoms with Crippen LogP contribution in [-0.4, -0.2) is 18.0 Å². The maximum Gasteiger partial charge on any atom is 0.471 e. The van der Waals surface area contributed by atoms with Gasteiger partial charge in [0.1, 0.15) is 0 Å². The summed E-state index contributed by atoms with van der Waals surface area (Å²) in [5.41, 5.74) is 1.62. The first kappa shape index (κ1) is 18.7. The Hall–Kier alpha value is -2.31. The molecule has 1 rings (SSSR count). The second-order valence-corrected chi connectivity index (χ2v) is 5.37. The summed E-state index contributed by atoms with van der Waals surface area (Å²) >= 11 is 0. The van der Waals surface area contributed by atoms with Gasteiger partial charge in [-0.05, 0) is 24.5 Å². The van der Waals surface area contributed by atoms with Gasteiger partial charge in [-0.2, -0.15) is 13.2 Å². The van der Waals surface area contributed by atoms with Crippen molar-refractivity contribution in [2.75, 3.05) is 5.32 Å². The van der Waals surface area contributed by atoms with E-state index < -0.39 is 12.1 Å². The summed E-state index contributed by atoms with van der Waals surface area (Å²) in [6.07, 6.45) is -3.49. The average molecular weight is 328 g/mol. The van der Waals surface area contributed by atoms with E-state index in [-0.39, 0.29) is 18.4 Å². The number of alkyl halides is 3. The first-order chi connectivity index (χ1) is 10.6. The molecule has 0 aliphatic heterocycles. The molecular formula is C16H19F3N2O2. The van der Waals surface area contributed by atoms with Crippen LogP contribution in [0.3, 0.4) is 0 Å². The molecule has 0 fully saturated rings. The molecule has 2 amide bonds. The van der Waals surface area contributed by atoms with Gasteiger partial charge in [-0.3, -0.25) is 9.59 Å². The molecule has 7 heteroatoms. The fraction of sp³-hybridized carbons (Fsp3) is 0.375. The molecule has 2 N–H and O–H groups in total. The third-order valence-electron chi connectivity index (χ3n) is 3.24. The van der Waals surface area contributed by atoms with Crippen LogP contribution in [0.5, 0.6) is 0 Å². The molecule has 0 unspecified atom stereocenters. The number of para-hydroxylation sites is 1. The van der Waals surface area contributed by atoms with E-state index in [0.717, 1.165) is 5.57 Å². The quantitative estimate of drug-likeness (QED) is 0.814. The molecular weight excluding hydrogens is 309 g/mol. The molecule has 0 atom stereocenters. The number of allylic oxidation sites excluding steroid dienone is 1. The highest BCUT2D eigenvalue weighted by Crippen LogP contribution is 2.18. The number of benzene rings is 1. The van der Waals surface area contributed by atoms with E-state index in [0.29, 0.717) is 11.3 Å². The lowest BCUT2D eigenvalue weighted by Crippen LogP contribution is -2.36. The largest absolute Gasteiger partial charge is 0.471 e. The van der Waals surface area contributed by atoms with E-state index in [2.05, 4.69) is 5.32 Å². The number of carbonyl (C=O) groups is 2. The Labute approximate surface area is 132 Å². The molecule has 0 heterocycles. The standard InChI is InChI=1S/C16H19F3N2O2/c1-10(2)11(3)8-14(22)21-13-7-5-4-6-12(13)9-20-15(23)16(17,18)19/h4-8,10H,9H2,1-3H3,(H,20,23)(H,21,22)/b11-8+. The third-order valence-corrected chi connectivity index (χ3v) is 3.24. The van der Waals surface area contributed by atoms with Crippen LogP contribution in [0.25, 0.3) is 0 Å². The number of halogens is 3. The first-order valence-corrected chi connectivity index (χ1v) is 7.03. The van der Waals surface area contributed by atoms with Crippen LogP contribution >= 0.6 is 0 Å². The zero-order chi connectivity index (χ0) is 17.6. The van der Waals surface area contributed by atoms with Crippen LogP contribution in [0.1, 0.15) is 26.3 Å². The lowest BCUT2D eigenvalue weighted by Gasteiger charge is -2.12. The number of nitrogens with one attached hydrogen (secondary N) is 2. The highest BCUT2D eigenvalue weighted by molar-refractivity contribution is 6.00. The molecule has 4 nitrogen and oxygen atoms in total. The Balaban J connectivity index is 2.80. The van der Waals surface area contributed by atoms with Gasteiger partial charge >= 0.3 is 12.1 Å². The summed E-state index contributed by atoms with van der Waals surface area (Å²) in [7, 11) is 0. The van der Waals surface area contributed by atoms with Crippen molar-refractivity contribution in [3.63, 3.8) is 0 Å². The summed E-state index contributed by atoms with van der Waals surface area (Å²) in [5, 5.41) is 4.39. The maximum absolute atomic E-state index is 12.2. The first-order valence-electron chi connectivity index (χ1n) is 7.03. The zero-order valence-electron chi connectivity index (χ0n) is 13.1. The van der Waals surface area contributed by atoms with Crippen LogP contribution in [0.2, 0.25) is 0 Å². The number of carbonyl (C=O) groups excluding carboxylic acids is 2. The van der Waals surface area contributed by atoms with Crippen LogP contribution in [0.15, 0.2) is 35.9 Å². The molecule has 1 aromatic rings. The zero-order valence-corrected chi connectivity index (χ0v) is 13.1. The second kappa shape index (κ2) is 7.80. The van der Waals surface area contributed by atoms with Gasteiger partial charge in [0, 0.05) is 18.3 Å². The number of amides is 2. The summed E-state index contributed by atoms with van der Waals surface area (Å²) in [5.74, 6) is -2.18. The Morgan fingerprint density at radius 2 is 1.83 bits per heavy atom. The topological polar surface area (TPSA) is 58.2 Å². The molecule has 0 aromatic heterocycles. The predicted octanol–water partition coefficient (Wildman–Crippen LogP) is 3.41. The molecule has 0 bridgehead atoms. The fourth-order valence-corrected chi connectivity index (χ4v) is 1.61. The molecule has 0 saturated carbocycles. The number of hydrogen-bond donors (Lipinski definition) is 2. The van der Waals surface area contributed by atoms with Crippen LogP contribution in [0, 0.1) is 5.92 Å². The van der Waals surface area contributed by atoms with E-state index in [9.17, 15) is 22.8 Å². The van der Waals surface area contributed by atoms with Crippen molar-refractivity contribution in [2.45, 2.75) is 33.5 Å². The van der Waals surface area contributed by atoms with Gasteiger partial charge < -0.3 is 10.6 Å². The van der Waals surface area contributed by atoms with Gasteiger partial charge in [0.2, 0.25) is 5.91 Å². The number of rotatable bonds is 5. The maximum atomic E-state index is 12.2. The molecule has 126 valence electrons. The second-order valence-electron chi connectivity index (χ2n) is 5.37. The minimum Gasteiger partial charge on any atom is -0.344 e. The van der Waals surface area contributed by atoms with Gasteiger partial charge in [0.25, 0.3) is 0 Å². The number of anilines is 1. The molecule has 0 aliphatic carbocycles. The van der Waals surface area contributed by atoms with Crippen molar-refractivity contribution in [1.82, 2.24) is 5.32 Å². The SMILES string of the molecule is C/C(=C\C(=O)Nc1ccccc1CNC(=O)C(F)(F)F)C(C)C. The average Bonchev–Trinajstić information content (AvgIpc) is 2.44. The molecule has 0 aliphatic rings. The fourth-order valence-electron chi connectivity index (χ4n) is 1.61. The Kier molecular flexibility index (Phi) is 6.36. The van der Waals surface area contributed by atoms with Crippen molar-refractivity contribution < 1.29 is 22.8 Å². The van der Waals surface area contributed by atoms with Crippen LogP contribution in [-0.2, 0) is 16.1 Å². The highest BCUT2D eigenvalue weighted by atomic mass is 19.4. The summed E-state index contributed by atoms with van der Waals surface area (Å²) < 4.78 is 36.6. The molecule has 0 spiro atoms. The van der Waals surface area contributed by atoms with Gasteiger partial charge in [0.05, 0.1) is 0 Å². The normalized spacial score (nSPS) is 12.2. The Morgan fingerprint density at radius 3 is 2.39 bits per heavy atom. The van der Waals surface area contributed by atoms with Crippen molar-refractivity contribution in [2.24, 2.45) is 5.92 Å². The summed E-state index contributed by atoms with van der Waals surface area (Å²) in [6, 6.07) is 6.35. The van der Waals surface area contributed by atoms with Gasteiger partial charge in [0.15, 0.2) is 0 Å². The van der Waals surface area contributed by atoms with E-state index in [1.807, 2.05) is 20.8 Å². The van der Waals surface area contributed by atoms with E-state index >= 15 is 0 Å². The third kappa shape index (κ3) is 6.14. The van der Waals surface area contributed by atoms with Gasteiger partial charge in [-0.1, -0.05) is 37.6 Å². The summed E-state index contributed by atoms with van der Waals surface area (Å²) in [4.78, 5) is 22.8. The summed E-state index contributed by atoms with van der Waals surface area (Å²) in [6.45, 7) is 5.38.